The van der Waals surface area contributed by atoms with Gasteiger partial charge in [-0.3, -0.25) is 14.3 Å². The predicted octanol–water partition coefficient (Wildman–Crippen LogP) is 3.31. The molecule has 1 aliphatic rings. The molecule has 1 fully saturated rings. The zero-order valence-electron chi connectivity index (χ0n) is 20.4. The number of aromatic nitrogens is 4. The van der Waals surface area contributed by atoms with Gasteiger partial charge in [0.2, 0.25) is 11.9 Å². The molecular weight excluding hydrogens is 456 g/mol. The van der Waals surface area contributed by atoms with Crippen molar-refractivity contribution >= 4 is 40.2 Å². The summed E-state index contributed by atoms with van der Waals surface area (Å²) in [6.45, 7) is 2.25. The average molecular weight is 485 g/mol. The number of carbonyl (C=O) groups is 2. The maximum absolute atomic E-state index is 12.1. The first kappa shape index (κ1) is 23.3. The van der Waals surface area contributed by atoms with Crippen molar-refractivity contribution in [3.63, 3.8) is 0 Å². The van der Waals surface area contributed by atoms with Gasteiger partial charge < -0.3 is 21.3 Å². The molecule has 0 aliphatic heterocycles. The van der Waals surface area contributed by atoms with E-state index in [4.69, 9.17) is 5.73 Å². The molecule has 184 valence electrons. The first-order valence-corrected chi connectivity index (χ1v) is 11.8. The van der Waals surface area contributed by atoms with Gasteiger partial charge in [-0.05, 0) is 60.7 Å². The number of primary amides is 1. The second kappa shape index (κ2) is 9.29. The number of rotatable bonds is 8. The third kappa shape index (κ3) is 4.83. The van der Waals surface area contributed by atoms with Crippen molar-refractivity contribution in [2.75, 3.05) is 24.7 Å². The predicted molar refractivity (Wildman–Crippen MR) is 139 cm³/mol. The van der Waals surface area contributed by atoms with Gasteiger partial charge >= 0.3 is 0 Å². The number of nitrogens with zero attached hydrogens (tertiary/aromatic N) is 5. The van der Waals surface area contributed by atoms with Gasteiger partial charge in [0.1, 0.15) is 12.4 Å². The lowest BCUT2D eigenvalue weighted by Crippen LogP contribution is -2.26. The second-order valence-corrected chi connectivity index (χ2v) is 9.26. The zero-order chi connectivity index (χ0) is 25.4. The Balaban J connectivity index is 1.37. The van der Waals surface area contributed by atoms with E-state index in [1.807, 2.05) is 37.3 Å². The highest BCUT2D eigenvalue weighted by Crippen LogP contribution is 2.30. The smallest absolute Gasteiger partial charge is 0.254 e. The molecule has 36 heavy (non-hydrogen) atoms. The molecule has 2 heterocycles. The van der Waals surface area contributed by atoms with Crippen LogP contribution in [0.15, 0.2) is 48.8 Å². The molecule has 1 aliphatic carbocycles. The Morgan fingerprint density at radius 1 is 1.14 bits per heavy atom. The third-order valence-corrected chi connectivity index (χ3v) is 6.19. The number of nitrogens with one attached hydrogen (secondary N) is 2. The number of nitrogens with two attached hydrogens (primary N) is 1. The minimum atomic E-state index is -0.559. The molecule has 2 amide bonds. The van der Waals surface area contributed by atoms with Crippen molar-refractivity contribution in [3.05, 3.63) is 59.9 Å². The van der Waals surface area contributed by atoms with Gasteiger partial charge in [0.25, 0.3) is 5.91 Å². The van der Waals surface area contributed by atoms with Crippen LogP contribution in [0, 0.1) is 6.92 Å². The fourth-order valence-corrected chi connectivity index (χ4v) is 4.00. The van der Waals surface area contributed by atoms with Crippen molar-refractivity contribution in [2.24, 2.45) is 5.73 Å². The van der Waals surface area contributed by atoms with E-state index in [0.717, 1.165) is 46.1 Å². The fraction of sp³-hybridized carbons (Fsp3) is 0.269. The molecule has 0 bridgehead atoms. The highest BCUT2D eigenvalue weighted by Gasteiger charge is 2.24. The van der Waals surface area contributed by atoms with Gasteiger partial charge in [-0.1, -0.05) is 12.1 Å². The standard InChI is InChI=1S/C26H28N8O2/c1-15-10-19(31-26-28-13-21(24(27)36)25(32-26)30-18-5-6-18)7-8-20(15)16-4-9-22-17(11-16)12-29-34(22)14-23(35)33(2)3/h4,7-13,18H,5-6,14H2,1-3H3,(H2,27,36)(H2,28,30,31,32). The summed E-state index contributed by atoms with van der Waals surface area (Å²) in [7, 11) is 3.47. The lowest BCUT2D eigenvalue weighted by Gasteiger charge is -2.13. The Bertz CT molecular complexity index is 1470. The van der Waals surface area contributed by atoms with Crippen LogP contribution < -0.4 is 16.4 Å². The number of hydrogen-bond acceptors (Lipinski definition) is 7. The van der Waals surface area contributed by atoms with E-state index in [1.54, 1.807) is 29.9 Å². The molecule has 10 nitrogen and oxygen atoms in total. The maximum atomic E-state index is 12.1. The molecule has 2 aromatic heterocycles. The molecule has 10 heteroatoms. The summed E-state index contributed by atoms with van der Waals surface area (Å²) >= 11 is 0. The SMILES string of the molecule is Cc1cc(Nc2ncc(C(N)=O)c(NC3CC3)n2)ccc1-c1ccc2c(cnn2CC(=O)N(C)C)c1. The summed E-state index contributed by atoms with van der Waals surface area (Å²) in [5.74, 6) is 0.275. The van der Waals surface area contributed by atoms with Gasteiger partial charge in [0.05, 0.1) is 17.3 Å². The number of fused-ring (bicyclic) bond motifs is 1. The molecule has 4 N–H and O–H groups in total. The molecule has 0 unspecified atom stereocenters. The third-order valence-electron chi connectivity index (χ3n) is 6.19. The molecule has 4 aromatic rings. The monoisotopic (exact) mass is 484 g/mol. The second-order valence-electron chi connectivity index (χ2n) is 9.26. The quantitative estimate of drug-likeness (QED) is 0.350. The number of hydrogen-bond donors (Lipinski definition) is 3. The van der Waals surface area contributed by atoms with E-state index in [-0.39, 0.29) is 18.0 Å². The van der Waals surface area contributed by atoms with Crippen molar-refractivity contribution in [3.8, 4) is 11.1 Å². The van der Waals surface area contributed by atoms with Crippen LogP contribution in [0.2, 0.25) is 0 Å². The van der Waals surface area contributed by atoms with Crippen LogP contribution in [0.1, 0.15) is 28.8 Å². The van der Waals surface area contributed by atoms with E-state index >= 15 is 0 Å². The molecule has 0 atom stereocenters. The van der Waals surface area contributed by atoms with Crippen molar-refractivity contribution in [1.82, 2.24) is 24.6 Å². The van der Waals surface area contributed by atoms with Crippen molar-refractivity contribution < 1.29 is 9.59 Å². The summed E-state index contributed by atoms with van der Waals surface area (Å²) in [6, 6.07) is 12.5. The lowest BCUT2D eigenvalue weighted by molar-refractivity contribution is -0.129. The normalized spacial score (nSPS) is 13.0. The van der Waals surface area contributed by atoms with Gasteiger partial charge in [0, 0.05) is 37.4 Å². The number of carbonyl (C=O) groups excluding carboxylic acids is 2. The first-order chi connectivity index (χ1) is 17.3. The number of aryl methyl sites for hydroxylation is 1. The van der Waals surface area contributed by atoms with Crippen LogP contribution >= 0.6 is 0 Å². The summed E-state index contributed by atoms with van der Waals surface area (Å²) in [5.41, 5.74) is 10.7. The molecule has 1 saturated carbocycles. The highest BCUT2D eigenvalue weighted by atomic mass is 16.2. The van der Waals surface area contributed by atoms with Crippen LogP contribution in [0.3, 0.4) is 0 Å². The van der Waals surface area contributed by atoms with E-state index in [0.29, 0.717) is 17.8 Å². The van der Waals surface area contributed by atoms with Crippen LogP contribution in [0.5, 0.6) is 0 Å². The number of benzene rings is 2. The van der Waals surface area contributed by atoms with Crippen molar-refractivity contribution in [2.45, 2.75) is 32.4 Å². The molecule has 5 rings (SSSR count). The van der Waals surface area contributed by atoms with E-state index in [9.17, 15) is 9.59 Å². The van der Waals surface area contributed by atoms with Gasteiger partial charge in [-0.25, -0.2) is 4.98 Å². The molecule has 0 radical (unpaired) electrons. The van der Waals surface area contributed by atoms with Crippen molar-refractivity contribution in [1.29, 1.82) is 0 Å². The lowest BCUT2D eigenvalue weighted by atomic mass is 9.99. The average Bonchev–Trinajstić information content (AvgIpc) is 3.57. The summed E-state index contributed by atoms with van der Waals surface area (Å²) in [4.78, 5) is 34.1. The molecule has 0 spiro atoms. The largest absolute Gasteiger partial charge is 0.367 e. The van der Waals surface area contributed by atoms with Crippen LogP contribution in [0.25, 0.3) is 22.0 Å². The van der Waals surface area contributed by atoms with E-state index in [1.165, 1.54) is 6.20 Å². The topological polar surface area (TPSA) is 131 Å². The Kier molecular flexibility index (Phi) is 6.01. The summed E-state index contributed by atoms with van der Waals surface area (Å²) in [5, 5.41) is 11.8. The molecule has 2 aromatic carbocycles. The Morgan fingerprint density at radius 3 is 2.64 bits per heavy atom. The van der Waals surface area contributed by atoms with Gasteiger partial charge in [0.15, 0.2) is 0 Å². The van der Waals surface area contributed by atoms with Crippen LogP contribution in [-0.4, -0.2) is 56.6 Å². The highest BCUT2D eigenvalue weighted by molar-refractivity contribution is 5.97. The Morgan fingerprint density at radius 2 is 1.94 bits per heavy atom. The molecule has 0 saturated heterocycles. The van der Waals surface area contributed by atoms with Gasteiger partial charge in [-0.15, -0.1) is 0 Å². The Labute approximate surface area is 208 Å². The summed E-state index contributed by atoms with van der Waals surface area (Å²) < 4.78 is 1.72. The summed E-state index contributed by atoms with van der Waals surface area (Å²) in [6.07, 6.45) is 5.33. The zero-order valence-corrected chi connectivity index (χ0v) is 20.4. The fourth-order valence-electron chi connectivity index (χ4n) is 4.00. The van der Waals surface area contributed by atoms with E-state index in [2.05, 4.69) is 31.8 Å². The molecular formula is C26H28N8O2. The number of anilines is 3. The van der Waals surface area contributed by atoms with Crippen LogP contribution in [-0.2, 0) is 11.3 Å². The maximum Gasteiger partial charge on any atom is 0.254 e. The number of amides is 2. The first-order valence-electron chi connectivity index (χ1n) is 11.8. The minimum Gasteiger partial charge on any atom is -0.367 e. The minimum absolute atomic E-state index is 0.00769. The van der Waals surface area contributed by atoms with Crippen LogP contribution in [0.4, 0.5) is 17.5 Å². The van der Waals surface area contributed by atoms with E-state index < -0.39 is 5.91 Å². The number of likely N-dealkylation sites (N-methyl/N-ethyl adjacent to an activating group) is 1. The Hall–Kier alpha value is -4.47. The van der Waals surface area contributed by atoms with Gasteiger partial charge in [-0.2, -0.15) is 10.1 Å².